The van der Waals surface area contributed by atoms with Gasteiger partial charge >= 0.3 is 0 Å². The topological polar surface area (TPSA) is 131 Å². The number of amides is 2. The summed E-state index contributed by atoms with van der Waals surface area (Å²) in [5.74, 6) is -0.158. The van der Waals surface area contributed by atoms with E-state index in [9.17, 15) is 23.6 Å². The van der Waals surface area contributed by atoms with E-state index in [4.69, 9.17) is 9.47 Å². The van der Waals surface area contributed by atoms with E-state index in [0.717, 1.165) is 21.2 Å². The van der Waals surface area contributed by atoms with Crippen LogP contribution in [0.25, 0.3) is 11.1 Å². The molecule has 2 atom stereocenters. The molecule has 2 amide bonds. The molecule has 1 fully saturated rings. The number of methoxy groups -OCH3 is 1. The number of hydrogen-bond acceptors (Lipinski definition) is 7. The lowest BCUT2D eigenvalue weighted by atomic mass is 9.88. The highest BCUT2D eigenvalue weighted by atomic mass is 32.2. The number of ether oxygens (including phenoxy) is 2. The molecule has 2 unspecified atom stereocenters. The summed E-state index contributed by atoms with van der Waals surface area (Å²) in [6.07, 6.45) is 0.736. The summed E-state index contributed by atoms with van der Waals surface area (Å²) in [5, 5.41) is 9.45. The summed E-state index contributed by atoms with van der Waals surface area (Å²) in [6, 6.07) is 22.0. The van der Waals surface area contributed by atoms with E-state index in [1.807, 2.05) is 42.5 Å². The fourth-order valence-corrected chi connectivity index (χ4v) is 5.47. The van der Waals surface area contributed by atoms with Crippen LogP contribution in [-0.2, 0) is 20.9 Å². The fraction of sp³-hybridized carbons (Fsp3) is 0.286. The van der Waals surface area contributed by atoms with Crippen LogP contribution in [0.5, 0.6) is 11.5 Å². The minimum Gasteiger partial charge on any atom is -0.755 e. The van der Waals surface area contributed by atoms with Crippen LogP contribution in [0.1, 0.15) is 12.8 Å². The summed E-state index contributed by atoms with van der Waals surface area (Å²) in [7, 11) is 1.59. The van der Waals surface area contributed by atoms with E-state index in [0.29, 0.717) is 31.7 Å². The Morgan fingerprint density at radius 3 is 2.13 bits per heavy atom. The van der Waals surface area contributed by atoms with Crippen LogP contribution < -0.4 is 19.3 Å². The summed E-state index contributed by atoms with van der Waals surface area (Å²) in [4.78, 5) is 27.1. The van der Waals surface area contributed by atoms with Crippen molar-refractivity contribution in [3.05, 3.63) is 78.9 Å². The summed E-state index contributed by atoms with van der Waals surface area (Å²) < 4.78 is 36.5. The number of piperidine rings is 1. The first-order chi connectivity index (χ1) is 18.9. The van der Waals surface area contributed by atoms with Crippen LogP contribution in [0.2, 0.25) is 0 Å². The van der Waals surface area contributed by atoms with Crippen molar-refractivity contribution < 1.29 is 33.0 Å². The molecule has 1 heterocycles. The van der Waals surface area contributed by atoms with Gasteiger partial charge in [-0.2, -0.15) is 0 Å². The molecule has 0 saturated carbocycles. The Balaban J connectivity index is 1.46. The number of hydroxylamine groups is 1. The smallest absolute Gasteiger partial charge is 0.267 e. The van der Waals surface area contributed by atoms with Crippen LogP contribution in [0, 0.1) is 5.92 Å². The molecule has 206 valence electrons. The lowest BCUT2D eigenvalue weighted by Gasteiger charge is -2.41. The molecule has 0 aliphatic carbocycles. The van der Waals surface area contributed by atoms with Crippen molar-refractivity contribution in [1.82, 2.24) is 10.4 Å². The number of nitrogens with one attached hydrogen (secondary N) is 1. The van der Waals surface area contributed by atoms with Gasteiger partial charge in [0.15, 0.2) is 6.61 Å². The van der Waals surface area contributed by atoms with Crippen LogP contribution in [-0.4, -0.2) is 63.5 Å². The zero-order chi connectivity index (χ0) is 27.8. The number of hydrogen-bond donors (Lipinski definition) is 2. The fourth-order valence-electron chi connectivity index (χ4n) is 4.72. The molecule has 0 spiro atoms. The molecule has 1 aliphatic rings. The molecule has 10 nitrogen and oxygen atoms in total. The Morgan fingerprint density at radius 2 is 1.59 bits per heavy atom. The molecule has 3 aromatic rings. The molecule has 39 heavy (non-hydrogen) atoms. The number of nitrogens with zero attached hydrogens (tertiary/aromatic N) is 2. The van der Waals surface area contributed by atoms with Gasteiger partial charge in [0, 0.05) is 30.0 Å². The second-order valence-corrected chi connectivity index (χ2v) is 9.89. The van der Waals surface area contributed by atoms with Gasteiger partial charge < -0.3 is 18.9 Å². The number of likely N-dealkylation sites (tertiary alicyclic amines) is 1. The predicted molar refractivity (Wildman–Crippen MR) is 145 cm³/mol. The van der Waals surface area contributed by atoms with Crippen molar-refractivity contribution in [2.75, 3.05) is 31.1 Å². The largest absolute Gasteiger partial charge is 0.755 e. The van der Waals surface area contributed by atoms with Gasteiger partial charge in [-0.1, -0.05) is 42.5 Å². The van der Waals surface area contributed by atoms with Gasteiger partial charge in [-0.15, -0.1) is 0 Å². The van der Waals surface area contributed by atoms with E-state index in [1.165, 1.54) is 0 Å². The van der Waals surface area contributed by atoms with Crippen molar-refractivity contribution >= 4 is 28.8 Å². The molecule has 0 bridgehead atoms. The standard InChI is InChI=1S/C28H31N3O7S/c1-37-24-13-9-21(10-14-24)20-7-11-23(12-8-20)31(39(35)36)27(28(33)29-34)22-15-17-30(18-16-22)26(32)19-38-25-5-3-2-4-6-25/h2-14,22,27,34H,15-19H2,1H3,(H,29,33)(H,35,36)/p-1. The Bertz CT molecular complexity index is 1260. The number of para-hydroxylation sites is 1. The summed E-state index contributed by atoms with van der Waals surface area (Å²) >= 11 is -2.81. The van der Waals surface area contributed by atoms with Crippen LogP contribution in [0.15, 0.2) is 78.9 Å². The van der Waals surface area contributed by atoms with Crippen molar-refractivity contribution in [3.8, 4) is 22.6 Å². The first-order valence-electron chi connectivity index (χ1n) is 12.4. The third-order valence-corrected chi connectivity index (χ3v) is 7.54. The van der Waals surface area contributed by atoms with Gasteiger partial charge in [-0.05, 0) is 66.3 Å². The van der Waals surface area contributed by atoms with Crippen LogP contribution in [0.3, 0.4) is 0 Å². The number of carbonyl (C=O) groups is 2. The Hall–Kier alpha value is -3.93. The lowest BCUT2D eigenvalue weighted by molar-refractivity contribution is -0.135. The summed E-state index contributed by atoms with van der Waals surface area (Å²) in [6.45, 7) is 0.533. The maximum absolute atomic E-state index is 12.8. The SMILES string of the molecule is COc1ccc(-c2ccc(N(C(C(=O)NO)C3CCN(C(=O)COc4ccccc4)CC3)S(=O)[O-])cc2)cc1. The van der Waals surface area contributed by atoms with Gasteiger partial charge in [0.25, 0.3) is 11.8 Å². The number of anilines is 1. The maximum Gasteiger partial charge on any atom is 0.267 e. The normalized spacial score (nSPS) is 15.2. The van der Waals surface area contributed by atoms with E-state index in [1.54, 1.807) is 53.9 Å². The molecule has 4 rings (SSSR count). The highest BCUT2D eigenvalue weighted by molar-refractivity contribution is 7.80. The average molecular weight is 553 g/mol. The van der Waals surface area contributed by atoms with E-state index < -0.39 is 29.1 Å². The highest BCUT2D eigenvalue weighted by Gasteiger charge is 2.37. The number of rotatable bonds is 10. The van der Waals surface area contributed by atoms with Crippen molar-refractivity contribution in [2.45, 2.75) is 18.9 Å². The van der Waals surface area contributed by atoms with Crippen molar-refractivity contribution in [2.24, 2.45) is 5.92 Å². The Morgan fingerprint density at radius 1 is 1.00 bits per heavy atom. The molecule has 0 radical (unpaired) electrons. The van der Waals surface area contributed by atoms with Gasteiger partial charge in [0.2, 0.25) is 0 Å². The Kier molecular flexibility index (Phi) is 9.53. The van der Waals surface area contributed by atoms with Gasteiger partial charge in [-0.25, -0.2) is 5.48 Å². The number of benzene rings is 3. The average Bonchev–Trinajstić information content (AvgIpc) is 2.99. The van der Waals surface area contributed by atoms with E-state index in [-0.39, 0.29) is 18.2 Å². The van der Waals surface area contributed by atoms with Crippen LogP contribution in [0.4, 0.5) is 5.69 Å². The van der Waals surface area contributed by atoms with Crippen LogP contribution >= 0.6 is 0 Å². The molecular weight excluding hydrogens is 522 g/mol. The molecule has 1 saturated heterocycles. The monoisotopic (exact) mass is 552 g/mol. The molecule has 3 aromatic carbocycles. The van der Waals surface area contributed by atoms with Gasteiger partial charge in [0.1, 0.15) is 17.5 Å². The lowest BCUT2D eigenvalue weighted by Crippen LogP contribution is -2.54. The number of carbonyl (C=O) groups excluding carboxylic acids is 2. The van der Waals surface area contributed by atoms with Crippen molar-refractivity contribution in [3.63, 3.8) is 0 Å². The minimum atomic E-state index is -2.81. The van der Waals surface area contributed by atoms with E-state index >= 15 is 0 Å². The third-order valence-electron chi connectivity index (χ3n) is 6.78. The second kappa shape index (κ2) is 13.2. The Labute approximate surface area is 229 Å². The predicted octanol–water partition coefficient (Wildman–Crippen LogP) is 3.15. The molecule has 0 aromatic heterocycles. The quantitative estimate of drug-likeness (QED) is 0.224. The van der Waals surface area contributed by atoms with Crippen molar-refractivity contribution in [1.29, 1.82) is 0 Å². The van der Waals surface area contributed by atoms with Gasteiger partial charge in [-0.3, -0.25) is 23.3 Å². The first-order valence-corrected chi connectivity index (χ1v) is 13.5. The minimum absolute atomic E-state index is 0.119. The zero-order valence-corrected chi connectivity index (χ0v) is 22.2. The first kappa shape index (κ1) is 28.1. The highest BCUT2D eigenvalue weighted by Crippen LogP contribution is 2.31. The molecule has 1 aliphatic heterocycles. The molecule has 11 heteroatoms. The maximum atomic E-state index is 12.8. The van der Waals surface area contributed by atoms with Gasteiger partial charge in [0.05, 0.1) is 7.11 Å². The zero-order valence-electron chi connectivity index (χ0n) is 21.4. The van der Waals surface area contributed by atoms with E-state index in [2.05, 4.69) is 0 Å². The molecular formula is C28H30N3O7S-. The molecule has 2 N–H and O–H groups in total. The third kappa shape index (κ3) is 6.94. The summed E-state index contributed by atoms with van der Waals surface area (Å²) in [5.41, 5.74) is 3.67. The second-order valence-electron chi connectivity index (χ2n) is 9.06.